The van der Waals surface area contributed by atoms with Crippen molar-refractivity contribution in [1.82, 2.24) is 18.7 Å². The second-order valence-electron chi connectivity index (χ2n) is 5.88. The van der Waals surface area contributed by atoms with Gasteiger partial charge in [-0.3, -0.25) is 9.30 Å². The van der Waals surface area contributed by atoms with Crippen molar-refractivity contribution in [2.45, 2.75) is 19.8 Å². The predicted octanol–water partition coefficient (Wildman–Crippen LogP) is 2.87. The number of unbranched alkanes of at least 4 members (excludes halogenated alkanes) is 1. The van der Waals surface area contributed by atoms with Crippen molar-refractivity contribution in [3.8, 4) is 0 Å². The highest BCUT2D eigenvalue weighted by atomic mass is 32.1. The first-order chi connectivity index (χ1) is 10.9. The molecule has 1 aliphatic heterocycles. The number of rotatable bonds is 4. The Morgan fingerprint density at radius 2 is 1.95 bits per heavy atom. The van der Waals surface area contributed by atoms with Gasteiger partial charge >= 0.3 is 0 Å². The van der Waals surface area contributed by atoms with Crippen molar-refractivity contribution in [3.63, 3.8) is 0 Å². The Morgan fingerprint density at radius 3 is 2.77 bits per heavy atom. The molecule has 0 aliphatic carbocycles. The van der Waals surface area contributed by atoms with Crippen molar-refractivity contribution < 1.29 is 0 Å². The number of hydrogen-bond donors (Lipinski definition) is 0. The van der Waals surface area contributed by atoms with E-state index < -0.39 is 0 Å². The first-order valence-electron chi connectivity index (χ1n) is 8.07. The summed E-state index contributed by atoms with van der Waals surface area (Å²) >= 11 is 1.49. The standard InChI is InChI=1S/C16H21N5S/c1-2-3-8-19-9-11-20(12-10-19)15-18-22-16-17-13-6-4-5-7-14(13)21(15)16/h4-7H,2-3,8-12H2,1H3. The third-order valence-electron chi connectivity index (χ3n) is 4.42. The molecule has 0 unspecified atom stereocenters. The lowest BCUT2D eigenvalue weighted by Gasteiger charge is -2.34. The smallest absolute Gasteiger partial charge is 0.223 e. The first-order valence-corrected chi connectivity index (χ1v) is 8.84. The fourth-order valence-corrected chi connectivity index (χ4v) is 3.89. The number of anilines is 1. The van der Waals surface area contributed by atoms with E-state index in [1.807, 2.05) is 6.07 Å². The Labute approximate surface area is 134 Å². The van der Waals surface area contributed by atoms with Crippen LogP contribution >= 0.6 is 11.5 Å². The molecule has 116 valence electrons. The molecule has 2 aromatic heterocycles. The molecule has 0 N–H and O–H groups in total. The summed E-state index contributed by atoms with van der Waals surface area (Å²) in [5.74, 6) is 1.06. The number of nitrogens with zero attached hydrogens (tertiary/aromatic N) is 5. The number of imidazole rings is 1. The first kappa shape index (κ1) is 14.0. The highest BCUT2D eigenvalue weighted by Crippen LogP contribution is 2.26. The van der Waals surface area contributed by atoms with Gasteiger partial charge in [0.05, 0.1) is 11.0 Å². The summed E-state index contributed by atoms with van der Waals surface area (Å²) < 4.78 is 6.88. The quantitative estimate of drug-likeness (QED) is 0.742. The van der Waals surface area contributed by atoms with E-state index in [2.05, 4.69) is 48.7 Å². The van der Waals surface area contributed by atoms with E-state index in [4.69, 9.17) is 0 Å². The number of para-hydroxylation sites is 2. The monoisotopic (exact) mass is 315 g/mol. The minimum absolute atomic E-state index is 0.990. The molecule has 3 aromatic rings. The van der Waals surface area contributed by atoms with Gasteiger partial charge < -0.3 is 4.90 Å². The number of hydrogen-bond acceptors (Lipinski definition) is 5. The highest BCUT2D eigenvalue weighted by Gasteiger charge is 2.22. The third kappa shape index (κ3) is 2.36. The lowest BCUT2D eigenvalue weighted by atomic mass is 10.2. The van der Waals surface area contributed by atoms with Gasteiger partial charge in [-0.25, -0.2) is 4.98 Å². The van der Waals surface area contributed by atoms with E-state index in [0.717, 1.165) is 48.1 Å². The van der Waals surface area contributed by atoms with Crippen molar-refractivity contribution in [2.75, 3.05) is 37.6 Å². The molecule has 22 heavy (non-hydrogen) atoms. The van der Waals surface area contributed by atoms with Crippen LogP contribution in [0.1, 0.15) is 19.8 Å². The molecule has 3 heterocycles. The molecule has 0 radical (unpaired) electrons. The van der Waals surface area contributed by atoms with Gasteiger partial charge in [-0.1, -0.05) is 25.5 Å². The molecule has 5 nitrogen and oxygen atoms in total. The van der Waals surface area contributed by atoms with E-state index in [1.54, 1.807) is 0 Å². The van der Waals surface area contributed by atoms with Crippen molar-refractivity contribution in [3.05, 3.63) is 24.3 Å². The minimum atomic E-state index is 0.990. The van der Waals surface area contributed by atoms with Gasteiger partial charge in [0.15, 0.2) is 0 Å². The zero-order valence-electron chi connectivity index (χ0n) is 12.9. The van der Waals surface area contributed by atoms with Crippen LogP contribution in [0, 0.1) is 0 Å². The number of piperazine rings is 1. The number of fused-ring (bicyclic) bond motifs is 3. The largest absolute Gasteiger partial charge is 0.339 e. The van der Waals surface area contributed by atoms with Crippen molar-refractivity contribution in [1.29, 1.82) is 0 Å². The van der Waals surface area contributed by atoms with E-state index in [9.17, 15) is 0 Å². The van der Waals surface area contributed by atoms with Gasteiger partial charge in [-0.05, 0) is 25.1 Å². The van der Waals surface area contributed by atoms with Crippen LogP contribution in [0.25, 0.3) is 16.0 Å². The van der Waals surface area contributed by atoms with E-state index >= 15 is 0 Å². The summed E-state index contributed by atoms with van der Waals surface area (Å²) in [6.07, 6.45) is 2.57. The Balaban J connectivity index is 1.60. The molecule has 0 bridgehead atoms. The Bertz CT molecular complexity index is 769. The maximum atomic E-state index is 4.67. The average Bonchev–Trinajstić information content (AvgIpc) is 3.12. The molecular weight excluding hydrogens is 294 g/mol. The van der Waals surface area contributed by atoms with Crippen LogP contribution in [-0.4, -0.2) is 51.4 Å². The molecule has 1 saturated heterocycles. The Hall–Kier alpha value is -1.66. The molecule has 0 atom stereocenters. The molecule has 6 heteroatoms. The summed E-state index contributed by atoms with van der Waals surface area (Å²) in [5, 5.41) is 0. The van der Waals surface area contributed by atoms with Crippen LogP contribution in [0.15, 0.2) is 24.3 Å². The van der Waals surface area contributed by atoms with Gasteiger partial charge in [-0.2, -0.15) is 4.37 Å². The number of benzene rings is 1. The summed E-state index contributed by atoms with van der Waals surface area (Å²) in [6.45, 7) is 7.85. The van der Waals surface area contributed by atoms with Gasteiger partial charge in [0.1, 0.15) is 0 Å². The molecular formula is C16H21N5S. The van der Waals surface area contributed by atoms with Crippen molar-refractivity contribution >= 4 is 33.5 Å². The second-order valence-corrected chi connectivity index (χ2v) is 6.61. The van der Waals surface area contributed by atoms with Crippen LogP contribution in [0.2, 0.25) is 0 Å². The molecule has 1 fully saturated rings. The van der Waals surface area contributed by atoms with Crippen molar-refractivity contribution in [2.24, 2.45) is 0 Å². The zero-order valence-corrected chi connectivity index (χ0v) is 13.7. The van der Waals surface area contributed by atoms with E-state index in [-0.39, 0.29) is 0 Å². The lowest BCUT2D eigenvalue weighted by Crippen LogP contribution is -2.47. The topological polar surface area (TPSA) is 36.7 Å². The van der Waals surface area contributed by atoms with Crippen LogP contribution in [0.4, 0.5) is 5.95 Å². The summed E-state index contributed by atoms with van der Waals surface area (Å²) in [4.78, 5) is 10.6. The van der Waals surface area contributed by atoms with Gasteiger partial charge in [0.2, 0.25) is 10.9 Å². The van der Waals surface area contributed by atoms with Crippen LogP contribution in [0.5, 0.6) is 0 Å². The average molecular weight is 315 g/mol. The summed E-state index contributed by atoms with van der Waals surface area (Å²) in [7, 11) is 0. The van der Waals surface area contributed by atoms with Gasteiger partial charge in [0.25, 0.3) is 0 Å². The Morgan fingerprint density at radius 1 is 1.14 bits per heavy atom. The Kier molecular flexibility index (Phi) is 3.72. The highest BCUT2D eigenvalue weighted by molar-refractivity contribution is 7.11. The molecule has 1 aliphatic rings. The van der Waals surface area contributed by atoms with Crippen LogP contribution in [-0.2, 0) is 0 Å². The second kappa shape index (κ2) is 5.85. The molecule has 0 amide bonds. The summed E-state index contributed by atoms with van der Waals surface area (Å²) in [5.41, 5.74) is 2.22. The van der Waals surface area contributed by atoms with Crippen LogP contribution < -0.4 is 4.90 Å². The van der Waals surface area contributed by atoms with E-state index in [0.29, 0.717) is 0 Å². The number of aromatic nitrogens is 3. The zero-order chi connectivity index (χ0) is 14.9. The van der Waals surface area contributed by atoms with Crippen LogP contribution in [0.3, 0.4) is 0 Å². The lowest BCUT2D eigenvalue weighted by molar-refractivity contribution is 0.253. The third-order valence-corrected chi connectivity index (χ3v) is 5.11. The van der Waals surface area contributed by atoms with E-state index in [1.165, 1.54) is 30.9 Å². The maximum Gasteiger partial charge on any atom is 0.223 e. The van der Waals surface area contributed by atoms with Gasteiger partial charge in [-0.15, -0.1) is 0 Å². The normalized spacial score (nSPS) is 16.9. The SMILES string of the molecule is CCCCN1CCN(c2nsc3nc4ccccc4n23)CC1. The molecule has 0 spiro atoms. The molecule has 1 aromatic carbocycles. The fraction of sp³-hybridized carbons (Fsp3) is 0.500. The molecule has 4 rings (SSSR count). The predicted molar refractivity (Wildman–Crippen MR) is 91.9 cm³/mol. The minimum Gasteiger partial charge on any atom is -0.339 e. The summed E-state index contributed by atoms with van der Waals surface area (Å²) in [6, 6.07) is 8.31. The molecule has 0 saturated carbocycles. The fourth-order valence-electron chi connectivity index (χ4n) is 3.13. The maximum absolute atomic E-state index is 4.67. The van der Waals surface area contributed by atoms with Gasteiger partial charge in [0, 0.05) is 37.7 Å².